The molecule has 0 aliphatic rings. The Hall–Kier alpha value is -4.22. The zero-order valence-electron chi connectivity index (χ0n) is 13.5. The van der Waals surface area contributed by atoms with Crippen LogP contribution in [0.5, 0.6) is 0 Å². The maximum atomic E-state index is 12.0. The lowest BCUT2D eigenvalue weighted by molar-refractivity contribution is -0.384. The number of nitro groups is 1. The first-order valence-corrected chi connectivity index (χ1v) is 6.99. The van der Waals surface area contributed by atoms with E-state index in [4.69, 9.17) is 5.73 Å². The molecular weight excluding hydrogens is 366 g/mol. The van der Waals surface area contributed by atoms with E-state index in [9.17, 15) is 39.5 Å². The molecule has 12 nitrogen and oxygen atoms in total. The summed E-state index contributed by atoms with van der Waals surface area (Å²) in [5.41, 5.74) is 0.429. The largest absolute Gasteiger partial charge is 0.478 e. The Bertz CT molecular complexity index is 1060. The average Bonchev–Trinajstić information content (AvgIpc) is 2.58. The zero-order chi connectivity index (χ0) is 20.5. The third kappa shape index (κ3) is 3.44. The summed E-state index contributed by atoms with van der Waals surface area (Å²) in [6, 6.07) is 2.64. The lowest BCUT2D eigenvalue weighted by Gasteiger charge is -2.13. The van der Waals surface area contributed by atoms with Crippen molar-refractivity contribution in [3.8, 4) is 11.1 Å². The van der Waals surface area contributed by atoms with Crippen molar-refractivity contribution >= 4 is 29.4 Å². The molecule has 0 fully saturated rings. The molecule has 2 aromatic rings. The topological polar surface area (TPSA) is 203 Å². The van der Waals surface area contributed by atoms with E-state index in [1.807, 2.05) is 4.98 Å². The number of carbonyl (C=O) groups excluding carboxylic acids is 1. The number of nitrogens with one attached hydrogen (secondary N) is 1. The van der Waals surface area contributed by atoms with Crippen molar-refractivity contribution in [2.45, 2.75) is 0 Å². The molecule has 0 saturated heterocycles. The average molecular weight is 377 g/mol. The molecule has 0 aliphatic heterocycles. The van der Waals surface area contributed by atoms with Gasteiger partial charge in [-0.1, -0.05) is 0 Å². The van der Waals surface area contributed by atoms with Crippen LogP contribution in [0.25, 0.3) is 11.1 Å². The number of methoxy groups -OCH3 is 1. The van der Waals surface area contributed by atoms with E-state index >= 15 is 0 Å². The number of aromatic nitrogens is 1. The Balaban J connectivity index is 3.04. The van der Waals surface area contributed by atoms with Crippen LogP contribution in [0.2, 0.25) is 0 Å². The van der Waals surface area contributed by atoms with Crippen molar-refractivity contribution in [1.29, 1.82) is 0 Å². The number of esters is 1. The fourth-order valence-corrected chi connectivity index (χ4v) is 2.43. The molecule has 0 spiro atoms. The maximum Gasteiger partial charge on any atom is 0.342 e. The number of carboxylic acids is 2. The zero-order valence-corrected chi connectivity index (χ0v) is 13.5. The maximum absolute atomic E-state index is 12.0. The smallest absolute Gasteiger partial charge is 0.342 e. The minimum Gasteiger partial charge on any atom is -0.478 e. The number of non-ortho nitro benzene ring substituents is 1. The van der Waals surface area contributed by atoms with E-state index in [1.54, 1.807) is 0 Å². The molecule has 1 heterocycles. The highest BCUT2D eigenvalue weighted by molar-refractivity contribution is 6.08. The van der Waals surface area contributed by atoms with E-state index in [-0.39, 0.29) is 11.1 Å². The number of nitro benzene ring substituents is 1. The summed E-state index contributed by atoms with van der Waals surface area (Å²) >= 11 is 0. The summed E-state index contributed by atoms with van der Waals surface area (Å²) in [6.07, 6.45) is 0. The number of aromatic carboxylic acids is 2. The number of aromatic amines is 1. The first-order chi connectivity index (χ1) is 12.6. The highest BCUT2D eigenvalue weighted by atomic mass is 16.6. The summed E-state index contributed by atoms with van der Waals surface area (Å²) in [4.78, 5) is 59.0. The SMILES string of the molecule is COC(=O)c1cc(-c2c(C(=O)O)c(N)[nH]c(=O)c2C(=O)O)cc([N+](=O)[O-])c1. The number of anilines is 1. The molecule has 1 aromatic heterocycles. The predicted molar refractivity (Wildman–Crippen MR) is 88.8 cm³/mol. The van der Waals surface area contributed by atoms with Gasteiger partial charge in [0.05, 0.1) is 17.6 Å². The summed E-state index contributed by atoms with van der Waals surface area (Å²) in [5.74, 6) is -5.13. The second-order valence-corrected chi connectivity index (χ2v) is 5.12. The molecule has 2 rings (SSSR count). The number of hydrogen-bond donors (Lipinski definition) is 4. The number of hydrogen-bond acceptors (Lipinski definition) is 8. The van der Waals surface area contributed by atoms with Gasteiger partial charge in [-0.3, -0.25) is 14.9 Å². The van der Waals surface area contributed by atoms with E-state index in [0.717, 1.165) is 25.3 Å². The van der Waals surface area contributed by atoms with Gasteiger partial charge >= 0.3 is 17.9 Å². The van der Waals surface area contributed by atoms with E-state index in [0.29, 0.717) is 0 Å². The third-order valence-electron chi connectivity index (χ3n) is 3.51. The van der Waals surface area contributed by atoms with Gasteiger partial charge in [0.15, 0.2) is 0 Å². The van der Waals surface area contributed by atoms with Crippen molar-refractivity contribution in [3.63, 3.8) is 0 Å². The molecule has 1 aromatic carbocycles. The van der Waals surface area contributed by atoms with Crippen LogP contribution in [0.15, 0.2) is 23.0 Å². The normalized spacial score (nSPS) is 10.3. The fourth-order valence-electron chi connectivity index (χ4n) is 2.43. The lowest BCUT2D eigenvalue weighted by atomic mass is 9.93. The Morgan fingerprint density at radius 3 is 2.22 bits per heavy atom. The number of carbonyl (C=O) groups is 3. The molecule has 0 saturated carbocycles. The number of benzene rings is 1. The quantitative estimate of drug-likeness (QED) is 0.326. The molecule has 140 valence electrons. The Labute approximate surface area is 149 Å². The molecule has 0 aliphatic carbocycles. The number of carboxylic acid groups (broad SMARTS) is 2. The Morgan fingerprint density at radius 2 is 1.74 bits per heavy atom. The van der Waals surface area contributed by atoms with E-state index in [2.05, 4.69) is 4.74 Å². The fraction of sp³-hybridized carbons (Fsp3) is 0.0667. The molecule has 5 N–H and O–H groups in total. The highest BCUT2D eigenvalue weighted by Gasteiger charge is 2.28. The predicted octanol–water partition coefficient (Wildman–Crippen LogP) is 0.715. The summed E-state index contributed by atoms with van der Waals surface area (Å²) in [7, 11) is 1.01. The van der Waals surface area contributed by atoms with Crippen LogP contribution in [-0.4, -0.2) is 45.1 Å². The lowest BCUT2D eigenvalue weighted by Crippen LogP contribution is -2.24. The van der Waals surface area contributed by atoms with Gasteiger partial charge in [-0.15, -0.1) is 0 Å². The van der Waals surface area contributed by atoms with Gasteiger partial charge in [0.2, 0.25) is 0 Å². The first-order valence-electron chi connectivity index (χ1n) is 6.99. The number of rotatable bonds is 5. The van der Waals surface area contributed by atoms with Crippen LogP contribution in [0.1, 0.15) is 31.1 Å². The third-order valence-corrected chi connectivity index (χ3v) is 3.51. The molecule has 12 heteroatoms. The van der Waals surface area contributed by atoms with Gasteiger partial charge < -0.3 is 25.7 Å². The van der Waals surface area contributed by atoms with Crippen molar-refractivity contribution in [2.24, 2.45) is 0 Å². The second-order valence-electron chi connectivity index (χ2n) is 5.12. The minimum absolute atomic E-state index is 0.353. The Kier molecular flexibility index (Phi) is 4.92. The van der Waals surface area contributed by atoms with Crippen LogP contribution in [0.4, 0.5) is 11.5 Å². The van der Waals surface area contributed by atoms with Gasteiger partial charge in [0.1, 0.15) is 16.9 Å². The van der Waals surface area contributed by atoms with Crippen LogP contribution >= 0.6 is 0 Å². The van der Waals surface area contributed by atoms with E-state index in [1.165, 1.54) is 0 Å². The Morgan fingerprint density at radius 1 is 1.15 bits per heavy atom. The molecular formula is C15H11N3O9. The first kappa shape index (κ1) is 19.1. The van der Waals surface area contributed by atoms with Crippen molar-refractivity contribution < 1.29 is 34.3 Å². The van der Waals surface area contributed by atoms with E-state index < -0.39 is 56.6 Å². The molecule has 0 atom stereocenters. The van der Waals surface area contributed by atoms with Gasteiger partial charge in [-0.25, -0.2) is 14.4 Å². The van der Waals surface area contributed by atoms with Gasteiger partial charge in [0, 0.05) is 17.7 Å². The monoisotopic (exact) mass is 377 g/mol. The van der Waals surface area contributed by atoms with Gasteiger partial charge in [0.25, 0.3) is 11.2 Å². The summed E-state index contributed by atoms with van der Waals surface area (Å²) < 4.78 is 4.48. The standard InChI is InChI=1S/C15H11N3O9/c1-27-15(24)6-2-5(3-7(4-6)18(25)26)8-9(13(20)21)11(16)17-12(19)10(8)14(22)23/h2-4H,1H3,(H,20,21)(H,22,23)(H3,16,17,19). The van der Waals surface area contributed by atoms with Crippen LogP contribution in [-0.2, 0) is 4.74 Å². The molecule has 27 heavy (non-hydrogen) atoms. The van der Waals surface area contributed by atoms with Crippen molar-refractivity contribution in [3.05, 3.63) is 55.4 Å². The number of nitrogen functional groups attached to an aromatic ring is 1. The molecule has 0 bridgehead atoms. The van der Waals surface area contributed by atoms with Crippen molar-refractivity contribution in [2.75, 3.05) is 12.8 Å². The second kappa shape index (κ2) is 6.95. The summed E-state index contributed by atoms with van der Waals surface area (Å²) in [5, 5.41) is 29.9. The molecule has 0 amide bonds. The number of nitrogens with two attached hydrogens (primary N) is 1. The van der Waals surface area contributed by atoms with Crippen molar-refractivity contribution in [1.82, 2.24) is 4.98 Å². The van der Waals surface area contributed by atoms with Gasteiger partial charge in [-0.05, 0) is 11.6 Å². The summed E-state index contributed by atoms with van der Waals surface area (Å²) in [6.45, 7) is 0. The highest BCUT2D eigenvalue weighted by Crippen LogP contribution is 2.32. The number of ether oxygens (including phenoxy) is 1. The van der Waals surface area contributed by atoms with Crippen LogP contribution in [0, 0.1) is 10.1 Å². The van der Waals surface area contributed by atoms with Crippen LogP contribution < -0.4 is 11.3 Å². The molecule has 0 unspecified atom stereocenters. The number of nitrogens with zero attached hydrogens (tertiary/aromatic N) is 1. The van der Waals surface area contributed by atoms with Gasteiger partial charge in [-0.2, -0.15) is 0 Å². The number of H-pyrrole nitrogens is 1. The number of pyridine rings is 1. The van der Waals surface area contributed by atoms with Crippen LogP contribution in [0.3, 0.4) is 0 Å². The molecule has 0 radical (unpaired) electrons. The minimum atomic E-state index is -1.79.